The number of hydrogen-bond donors (Lipinski definition) is 3. The number of carbonyl (C=O) groups excluding carboxylic acids is 1. The normalized spacial score (nSPS) is 11.7. The first-order valence-corrected chi connectivity index (χ1v) is 5.46. The lowest BCUT2D eigenvalue weighted by Gasteiger charge is -2.14. The van der Waals surface area contributed by atoms with E-state index < -0.39 is 12.6 Å². The van der Waals surface area contributed by atoms with E-state index in [9.17, 15) is 9.59 Å². The highest BCUT2D eigenvalue weighted by molar-refractivity contribution is 5.95. The Morgan fingerprint density at radius 3 is 2.67 bits per heavy atom. The van der Waals surface area contributed by atoms with Gasteiger partial charge in [-0.05, 0) is 26.1 Å². The summed E-state index contributed by atoms with van der Waals surface area (Å²) in [6.07, 6.45) is 0. The lowest BCUT2D eigenvalue weighted by molar-refractivity contribution is -0.139. The van der Waals surface area contributed by atoms with E-state index in [1.165, 1.54) is 0 Å². The standard InChI is InChI=1S/C12H16N2O4/c1-8(13-2)12(17)14-9-5-3-4-6-10(9)18-7-11(15)16/h3-6,8,13H,7H2,1-2H3,(H,14,17)(H,15,16). The Hall–Kier alpha value is -2.08. The van der Waals surface area contributed by atoms with Crippen LogP contribution >= 0.6 is 0 Å². The second-order valence-electron chi connectivity index (χ2n) is 3.68. The molecule has 0 saturated heterocycles. The first-order valence-electron chi connectivity index (χ1n) is 5.46. The maximum atomic E-state index is 11.7. The number of ether oxygens (including phenoxy) is 1. The maximum Gasteiger partial charge on any atom is 0.341 e. The van der Waals surface area contributed by atoms with E-state index in [-0.39, 0.29) is 11.9 Å². The van der Waals surface area contributed by atoms with Gasteiger partial charge in [0.05, 0.1) is 11.7 Å². The molecule has 1 aromatic carbocycles. The number of benzene rings is 1. The number of likely N-dealkylation sites (N-methyl/N-ethyl adjacent to an activating group) is 1. The summed E-state index contributed by atoms with van der Waals surface area (Å²) in [5.41, 5.74) is 0.450. The molecule has 0 aromatic heterocycles. The van der Waals surface area contributed by atoms with Crippen molar-refractivity contribution in [2.75, 3.05) is 19.0 Å². The zero-order valence-corrected chi connectivity index (χ0v) is 10.3. The minimum atomic E-state index is -1.07. The molecule has 0 aliphatic rings. The largest absolute Gasteiger partial charge is 0.480 e. The monoisotopic (exact) mass is 252 g/mol. The summed E-state index contributed by atoms with van der Waals surface area (Å²) in [6.45, 7) is 1.27. The molecule has 0 bridgehead atoms. The number of aliphatic carboxylic acids is 1. The van der Waals surface area contributed by atoms with Gasteiger partial charge in [0.2, 0.25) is 5.91 Å². The van der Waals surface area contributed by atoms with Crippen molar-refractivity contribution in [2.24, 2.45) is 0 Å². The van der Waals surface area contributed by atoms with Crippen molar-refractivity contribution < 1.29 is 19.4 Å². The van der Waals surface area contributed by atoms with Gasteiger partial charge in [0.15, 0.2) is 6.61 Å². The predicted molar refractivity (Wildman–Crippen MR) is 66.7 cm³/mol. The molecule has 98 valence electrons. The number of carboxylic acids is 1. The summed E-state index contributed by atoms with van der Waals surface area (Å²) in [4.78, 5) is 22.1. The SMILES string of the molecule is CNC(C)C(=O)Nc1ccccc1OCC(=O)O. The number of para-hydroxylation sites is 2. The van der Waals surface area contributed by atoms with Crippen molar-refractivity contribution in [1.29, 1.82) is 0 Å². The van der Waals surface area contributed by atoms with Crippen molar-refractivity contribution in [3.8, 4) is 5.75 Å². The van der Waals surface area contributed by atoms with Crippen molar-refractivity contribution in [2.45, 2.75) is 13.0 Å². The zero-order valence-electron chi connectivity index (χ0n) is 10.3. The molecule has 6 nitrogen and oxygen atoms in total. The minimum absolute atomic E-state index is 0.219. The highest BCUT2D eigenvalue weighted by atomic mass is 16.5. The van der Waals surface area contributed by atoms with E-state index in [0.29, 0.717) is 11.4 Å². The minimum Gasteiger partial charge on any atom is -0.480 e. The summed E-state index contributed by atoms with van der Waals surface area (Å²) < 4.78 is 5.08. The molecule has 0 saturated carbocycles. The molecule has 1 aromatic rings. The highest BCUT2D eigenvalue weighted by Crippen LogP contribution is 2.23. The molecule has 0 spiro atoms. The highest BCUT2D eigenvalue weighted by Gasteiger charge is 2.13. The fourth-order valence-electron chi connectivity index (χ4n) is 1.21. The summed E-state index contributed by atoms with van der Waals surface area (Å²) in [7, 11) is 1.68. The Bertz CT molecular complexity index is 434. The maximum absolute atomic E-state index is 11.7. The second kappa shape index (κ2) is 6.61. The van der Waals surface area contributed by atoms with Gasteiger partial charge in [-0.1, -0.05) is 12.1 Å². The number of amides is 1. The molecule has 0 aliphatic carbocycles. The van der Waals surface area contributed by atoms with Crippen LogP contribution in [0.25, 0.3) is 0 Å². The molecule has 0 radical (unpaired) electrons. The van der Waals surface area contributed by atoms with Crippen LogP contribution in [-0.2, 0) is 9.59 Å². The van der Waals surface area contributed by atoms with E-state index >= 15 is 0 Å². The molecule has 1 rings (SSSR count). The Morgan fingerprint density at radius 1 is 1.39 bits per heavy atom. The number of nitrogens with one attached hydrogen (secondary N) is 2. The van der Waals surface area contributed by atoms with Crippen LogP contribution in [0.1, 0.15) is 6.92 Å². The van der Waals surface area contributed by atoms with Gasteiger partial charge < -0.3 is 20.5 Å². The summed E-state index contributed by atoms with van der Waals surface area (Å²) in [5, 5.41) is 14.0. The van der Waals surface area contributed by atoms with Crippen LogP contribution in [0.4, 0.5) is 5.69 Å². The second-order valence-corrected chi connectivity index (χ2v) is 3.68. The van der Waals surface area contributed by atoms with E-state index in [1.807, 2.05) is 0 Å². The number of rotatable bonds is 6. The molecule has 1 unspecified atom stereocenters. The topological polar surface area (TPSA) is 87.7 Å². The number of hydrogen-bond acceptors (Lipinski definition) is 4. The lowest BCUT2D eigenvalue weighted by Crippen LogP contribution is -2.35. The Balaban J connectivity index is 2.75. The number of carboxylic acid groups (broad SMARTS) is 1. The van der Waals surface area contributed by atoms with Gasteiger partial charge in [-0.2, -0.15) is 0 Å². The predicted octanol–water partition coefficient (Wildman–Crippen LogP) is 0.696. The molecule has 0 aliphatic heterocycles. The Morgan fingerprint density at radius 2 is 2.06 bits per heavy atom. The fraction of sp³-hybridized carbons (Fsp3) is 0.333. The zero-order chi connectivity index (χ0) is 13.5. The lowest BCUT2D eigenvalue weighted by atomic mass is 10.2. The average Bonchev–Trinajstić information content (AvgIpc) is 2.36. The molecule has 6 heteroatoms. The third-order valence-corrected chi connectivity index (χ3v) is 2.32. The van der Waals surface area contributed by atoms with Crippen LogP contribution in [-0.4, -0.2) is 36.7 Å². The van der Waals surface area contributed by atoms with Crippen molar-refractivity contribution in [1.82, 2.24) is 5.32 Å². The molecule has 0 fully saturated rings. The van der Waals surface area contributed by atoms with Gasteiger partial charge in [-0.25, -0.2) is 4.79 Å². The number of anilines is 1. The van der Waals surface area contributed by atoms with E-state index in [4.69, 9.17) is 9.84 Å². The van der Waals surface area contributed by atoms with Crippen molar-refractivity contribution in [3.05, 3.63) is 24.3 Å². The molecule has 1 amide bonds. The van der Waals surface area contributed by atoms with Gasteiger partial charge in [0.1, 0.15) is 5.75 Å². The average molecular weight is 252 g/mol. The van der Waals surface area contributed by atoms with E-state index in [2.05, 4.69) is 10.6 Å². The van der Waals surface area contributed by atoms with E-state index in [0.717, 1.165) is 0 Å². The molecule has 0 heterocycles. The van der Waals surface area contributed by atoms with Crippen molar-refractivity contribution >= 4 is 17.6 Å². The van der Waals surface area contributed by atoms with Gasteiger partial charge in [-0.15, -0.1) is 0 Å². The number of carbonyl (C=O) groups is 2. The van der Waals surface area contributed by atoms with Crippen LogP contribution in [0.5, 0.6) is 5.75 Å². The smallest absolute Gasteiger partial charge is 0.341 e. The van der Waals surface area contributed by atoms with Crippen molar-refractivity contribution in [3.63, 3.8) is 0 Å². The Kier molecular flexibility index (Phi) is 5.13. The van der Waals surface area contributed by atoms with Gasteiger partial charge in [-0.3, -0.25) is 4.79 Å². The first kappa shape index (κ1) is 14.0. The molecule has 3 N–H and O–H groups in total. The third-order valence-electron chi connectivity index (χ3n) is 2.32. The molecule has 1 atom stereocenters. The summed E-state index contributed by atoms with van der Waals surface area (Å²) >= 11 is 0. The summed E-state index contributed by atoms with van der Waals surface area (Å²) in [5.74, 6) is -0.958. The van der Waals surface area contributed by atoms with Crippen LogP contribution in [0.2, 0.25) is 0 Å². The molecular formula is C12H16N2O4. The summed E-state index contributed by atoms with van der Waals surface area (Å²) in [6, 6.07) is 6.33. The van der Waals surface area contributed by atoms with Gasteiger partial charge in [0.25, 0.3) is 0 Å². The van der Waals surface area contributed by atoms with Gasteiger partial charge >= 0.3 is 5.97 Å². The Labute approximate surface area is 105 Å². The van der Waals surface area contributed by atoms with Crippen LogP contribution in [0, 0.1) is 0 Å². The van der Waals surface area contributed by atoms with Gasteiger partial charge in [0, 0.05) is 0 Å². The van der Waals surface area contributed by atoms with E-state index in [1.54, 1.807) is 38.2 Å². The van der Waals surface area contributed by atoms with Crippen LogP contribution < -0.4 is 15.4 Å². The quantitative estimate of drug-likeness (QED) is 0.693. The first-order chi connectivity index (χ1) is 8.54. The van der Waals surface area contributed by atoms with Crippen LogP contribution in [0.15, 0.2) is 24.3 Å². The molecular weight excluding hydrogens is 236 g/mol. The fourth-order valence-corrected chi connectivity index (χ4v) is 1.21. The third kappa shape index (κ3) is 4.06. The van der Waals surface area contributed by atoms with Crippen LogP contribution in [0.3, 0.4) is 0 Å². The molecule has 18 heavy (non-hydrogen) atoms.